The van der Waals surface area contributed by atoms with Crippen LogP contribution in [0.3, 0.4) is 0 Å². The van der Waals surface area contributed by atoms with Gasteiger partial charge in [0.05, 0.1) is 23.5 Å². The average Bonchev–Trinajstić information content (AvgIpc) is 2.72. The SMILES string of the molecule is Cc1cc(S(=O)(=O)N2C[C@H](CCC(=O)O)Oc3ccc(CC(=O)OC(C)(C)C)cc32)ccc1F. The van der Waals surface area contributed by atoms with Crippen molar-refractivity contribution in [3.05, 3.63) is 53.3 Å². The van der Waals surface area contributed by atoms with Gasteiger partial charge in [-0.15, -0.1) is 0 Å². The molecule has 10 heteroatoms. The Bertz CT molecular complexity index is 1200. The molecule has 0 unspecified atom stereocenters. The van der Waals surface area contributed by atoms with Gasteiger partial charge in [0.15, 0.2) is 0 Å². The second-order valence-corrected chi connectivity index (χ2v) is 11.0. The highest BCUT2D eigenvalue weighted by molar-refractivity contribution is 7.92. The van der Waals surface area contributed by atoms with Crippen molar-refractivity contribution in [1.29, 1.82) is 0 Å². The topological polar surface area (TPSA) is 110 Å². The fraction of sp³-hybridized carbons (Fsp3) is 0.417. The van der Waals surface area contributed by atoms with Gasteiger partial charge >= 0.3 is 11.9 Å². The van der Waals surface area contributed by atoms with Gasteiger partial charge in [-0.3, -0.25) is 13.9 Å². The molecular weight excluding hydrogens is 465 g/mol. The highest BCUT2D eigenvalue weighted by Crippen LogP contribution is 2.39. The fourth-order valence-corrected chi connectivity index (χ4v) is 5.16. The van der Waals surface area contributed by atoms with Gasteiger partial charge < -0.3 is 14.6 Å². The van der Waals surface area contributed by atoms with E-state index >= 15 is 0 Å². The summed E-state index contributed by atoms with van der Waals surface area (Å²) in [6.07, 6.45) is -0.865. The van der Waals surface area contributed by atoms with Crippen molar-refractivity contribution in [3.63, 3.8) is 0 Å². The molecule has 2 aromatic carbocycles. The Morgan fingerprint density at radius 1 is 1.21 bits per heavy atom. The average molecular weight is 494 g/mol. The van der Waals surface area contributed by atoms with Crippen LogP contribution in [0.2, 0.25) is 0 Å². The van der Waals surface area contributed by atoms with E-state index in [2.05, 4.69) is 0 Å². The Morgan fingerprint density at radius 3 is 2.53 bits per heavy atom. The van der Waals surface area contributed by atoms with Crippen LogP contribution in [-0.4, -0.2) is 43.7 Å². The minimum Gasteiger partial charge on any atom is -0.486 e. The number of nitrogens with zero attached hydrogens (tertiary/aromatic N) is 1. The maximum Gasteiger partial charge on any atom is 0.310 e. The summed E-state index contributed by atoms with van der Waals surface area (Å²) in [5, 5.41) is 9.03. The number of hydrogen-bond donors (Lipinski definition) is 1. The zero-order valence-corrected chi connectivity index (χ0v) is 20.3. The molecule has 1 aliphatic rings. The van der Waals surface area contributed by atoms with Gasteiger partial charge in [0.1, 0.15) is 23.3 Å². The third-order valence-corrected chi connectivity index (χ3v) is 6.90. The van der Waals surface area contributed by atoms with Gasteiger partial charge in [-0.2, -0.15) is 0 Å². The van der Waals surface area contributed by atoms with Crippen molar-refractivity contribution in [3.8, 4) is 5.75 Å². The quantitative estimate of drug-likeness (QED) is 0.584. The predicted molar refractivity (Wildman–Crippen MR) is 123 cm³/mol. The van der Waals surface area contributed by atoms with E-state index < -0.39 is 39.5 Å². The number of carboxylic acids is 1. The molecule has 0 aromatic heterocycles. The third-order valence-electron chi connectivity index (χ3n) is 5.12. The Hall–Kier alpha value is -3.14. The molecule has 0 spiro atoms. The van der Waals surface area contributed by atoms with Crippen molar-refractivity contribution in [1.82, 2.24) is 0 Å². The summed E-state index contributed by atoms with van der Waals surface area (Å²) in [7, 11) is -4.14. The van der Waals surface area contributed by atoms with E-state index in [1.807, 2.05) is 0 Å². The summed E-state index contributed by atoms with van der Waals surface area (Å²) >= 11 is 0. The number of benzene rings is 2. The summed E-state index contributed by atoms with van der Waals surface area (Å²) in [6, 6.07) is 8.25. The zero-order valence-electron chi connectivity index (χ0n) is 19.5. The number of sulfonamides is 1. The molecule has 184 valence electrons. The number of carbonyl (C=O) groups is 2. The van der Waals surface area contributed by atoms with Crippen molar-refractivity contribution >= 4 is 27.6 Å². The van der Waals surface area contributed by atoms with Crippen LogP contribution in [0.25, 0.3) is 0 Å². The zero-order chi connectivity index (χ0) is 25.3. The van der Waals surface area contributed by atoms with Gasteiger partial charge in [-0.1, -0.05) is 6.07 Å². The molecule has 0 aliphatic carbocycles. The first-order valence-corrected chi connectivity index (χ1v) is 12.2. The number of aryl methyl sites for hydroxylation is 1. The molecule has 0 fully saturated rings. The Labute approximate surface area is 198 Å². The molecule has 1 N–H and O–H groups in total. The first-order chi connectivity index (χ1) is 15.8. The lowest BCUT2D eigenvalue weighted by Crippen LogP contribution is -2.43. The van der Waals surface area contributed by atoms with E-state index in [9.17, 15) is 22.4 Å². The number of carboxylic acid groups (broad SMARTS) is 1. The maximum atomic E-state index is 13.8. The van der Waals surface area contributed by atoms with Crippen LogP contribution in [0.5, 0.6) is 5.75 Å². The largest absolute Gasteiger partial charge is 0.486 e. The second kappa shape index (κ2) is 9.61. The number of anilines is 1. The number of ether oxygens (including phenoxy) is 2. The van der Waals surface area contributed by atoms with Crippen molar-refractivity contribution in [2.24, 2.45) is 0 Å². The van der Waals surface area contributed by atoms with Crippen LogP contribution in [0.4, 0.5) is 10.1 Å². The Morgan fingerprint density at radius 2 is 1.91 bits per heavy atom. The van der Waals surface area contributed by atoms with Crippen LogP contribution < -0.4 is 9.04 Å². The Kier molecular flexibility index (Phi) is 7.21. The number of fused-ring (bicyclic) bond motifs is 1. The molecule has 0 bridgehead atoms. The summed E-state index contributed by atoms with van der Waals surface area (Å²) < 4.78 is 53.2. The number of esters is 1. The molecule has 8 nitrogen and oxygen atoms in total. The summed E-state index contributed by atoms with van der Waals surface area (Å²) in [5.41, 5.74) is 0.253. The molecule has 0 saturated heterocycles. The van der Waals surface area contributed by atoms with E-state index in [4.69, 9.17) is 14.6 Å². The van der Waals surface area contributed by atoms with Gasteiger partial charge in [0.25, 0.3) is 10.0 Å². The van der Waals surface area contributed by atoms with Crippen LogP contribution in [0, 0.1) is 12.7 Å². The van der Waals surface area contributed by atoms with E-state index in [1.165, 1.54) is 19.1 Å². The summed E-state index contributed by atoms with van der Waals surface area (Å²) in [4.78, 5) is 23.2. The van der Waals surface area contributed by atoms with Crippen molar-refractivity contribution in [2.75, 3.05) is 10.8 Å². The molecule has 0 radical (unpaired) electrons. The molecule has 34 heavy (non-hydrogen) atoms. The lowest BCUT2D eigenvalue weighted by atomic mass is 10.1. The Balaban J connectivity index is 2.00. The van der Waals surface area contributed by atoms with Gasteiger partial charge in [0, 0.05) is 6.42 Å². The van der Waals surface area contributed by atoms with E-state index in [1.54, 1.807) is 39.0 Å². The van der Waals surface area contributed by atoms with Gasteiger partial charge in [0.2, 0.25) is 0 Å². The first kappa shape index (κ1) is 25.5. The molecule has 0 amide bonds. The molecule has 1 aliphatic heterocycles. The van der Waals surface area contributed by atoms with E-state index in [-0.39, 0.29) is 47.7 Å². The van der Waals surface area contributed by atoms with Gasteiger partial charge in [-0.05, 0) is 75.6 Å². The lowest BCUT2D eigenvalue weighted by Gasteiger charge is -2.35. The molecule has 1 atom stereocenters. The predicted octanol–water partition coefficient (Wildman–Crippen LogP) is 3.84. The minimum absolute atomic E-state index is 0.0729. The number of rotatable bonds is 7. The molecule has 0 saturated carbocycles. The number of halogens is 1. The minimum atomic E-state index is -4.14. The highest BCUT2D eigenvalue weighted by Gasteiger charge is 2.35. The van der Waals surface area contributed by atoms with Crippen molar-refractivity contribution in [2.45, 2.75) is 63.6 Å². The lowest BCUT2D eigenvalue weighted by molar-refractivity contribution is -0.154. The molecule has 1 heterocycles. The molecular formula is C24H28FNO7S. The standard InChI is InChI=1S/C24H28FNO7S/c1-15-11-18(7-8-19(15)25)34(30,31)26-14-17(6-10-22(27)28)32-21-9-5-16(12-20(21)26)13-23(29)33-24(2,3)4/h5,7-9,11-12,17H,6,10,13-14H2,1-4H3,(H,27,28)/t17-/m0/s1. The van der Waals surface area contributed by atoms with E-state index in [0.717, 1.165) is 10.4 Å². The second-order valence-electron chi connectivity index (χ2n) is 9.18. The fourth-order valence-electron chi connectivity index (χ4n) is 3.58. The monoisotopic (exact) mass is 493 g/mol. The van der Waals surface area contributed by atoms with Gasteiger partial charge in [-0.25, -0.2) is 12.8 Å². The van der Waals surface area contributed by atoms with Crippen LogP contribution in [-0.2, 0) is 30.8 Å². The molecule has 3 rings (SSSR count). The summed E-state index contributed by atoms with van der Waals surface area (Å²) in [6.45, 7) is 6.59. The first-order valence-electron chi connectivity index (χ1n) is 10.8. The van der Waals surface area contributed by atoms with Crippen LogP contribution >= 0.6 is 0 Å². The number of carbonyl (C=O) groups excluding carboxylic acids is 1. The van der Waals surface area contributed by atoms with Crippen LogP contribution in [0.1, 0.15) is 44.7 Å². The van der Waals surface area contributed by atoms with Crippen molar-refractivity contribution < 1.29 is 37.0 Å². The molecule has 2 aromatic rings. The summed E-state index contributed by atoms with van der Waals surface area (Å²) in [5.74, 6) is -1.77. The number of hydrogen-bond acceptors (Lipinski definition) is 6. The number of aliphatic carboxylic acids is 1. The normalized spacial score (nSPS) is 15.9. The highest BCUT2D eigenvalue weighted by atomic mass is 32.2. The maximum absolute atomic E-state index is 13.8. The third kappa shape index (κ3) is 6.05. The smallest absolute Gasteiger partial charge is 0.310 e. The van der Waals surface area contributed by atoms with E-state index in [0.29, 0.717) is 5.56 Å². The van der Waals surface area contributed by atoms with Crippen LogP contribution in [0.15, 0.2) is 41.3 Å².